The Morgan fingerprint density at radius 2 is 0.737 bits per heavy atom. The van der Waals surface area contributed by atoms with E-state index >= 15 is 0 Å². The SMILES string of the molecule is C=C(CCCCCCC/C=C\CCCCCCCC)NCCCCCCCC/C=C\CCCCCCCC. The van der Waals surface area contributed by atoms with Gasteiger partial charge in [0.1, 0.15) is 0 Å². The summed E-state index contributed by atoms with van der Waals surface area (Å²) in [6.07, 6.45) is 47.9. The van der Waals surface area contributed by atoms with Crippen LogP contribution in [0.25, 0.3) is 0 Å². The van der Waals surface area contributed by atoms with Crippen molar-refractivity contribution in [3.63, 3.8) is 0 Å². The van der Waals surface area contributed by atoms with E-state index in [2.05, 4.69) is 50.0 Å². The van der Waals surface area contributed by atoms with Gasteiger partial charge in [0.2, 0.25) is 0 Å². The van der Waals surface area contributed by atoms with Gasteiger partial charge in [-0.25, -0.2) is 0 Å². The third kappa shape index (κ3) is 33.0. The molecular weight excluding hydrogens is 458 g/mol. The van der Waals surface area contributed by atoms with Gasteiger partial charge < -0.3 is 5.32 Å². The Morgan fingerprint density at radius 3 is 1.13 bits per heavy atom. The smallest absolute Gasteiger partial charge is 0.0143 e. The Hall–Kier alpha value is -0.980. The molecule has 0 aromatic heterocycles. The maximum atomic E-state index is 4.24. The van der Waals surface area contributed by atoms with Crippen LogP contribution in [0.5, 0.6) is 0 Å². The Labute approximate surface area is 241 Å². The second-order valence-corrected chi connectivity index (χ2v) is 11.8. The summed E-state index contributed by atoms with van der Waals surface area (Å²) in [5, 5.41) is 3.57. The van der Waals surface area contributed by atoms with Crippen molar-refractivity contribution in [1.29, 1.82) is 0 Å². The van der Waals surface area contributed by atoms with Crippen LogP contribution < -0.4 is 5.32 Å². The fraction of sp³-hybridized carbons (Fsp3) is 0.838. The van der Waals surface area contributed by atoms with Gasteiger partial charge in [0.25, 0.3) is 0 Å². The fourth-order valence-electron chi connectivity index (χ4n) is 5.14. The van der Waals surface area contributed by atoms with E-state index in [4.69, 9.17) is 0 Å². The molecule has 0 fully saturated rings. The molecule has 0 saturated heterocycles. The number of unbranched alkanes of at least 4 members (excludes halogenated alkanes) is 23. The molecule has 1 heteroatoms. The summed E-state index contributed by atoms with van der Waals surface area (Å²) in [7, 11) is 0. The van der Waals surface area contributed by atoms with Gasteiger partial charge in [0.15, 0.2) is 0 Å². The van der Waals surface area contributed by atoms with Crippen molar-refractivity contribution in [2.75, 3.05) is 6.54 Å². The highest BCUT2D eigenvalue weighted by molar-refractivity contribution is 4.90. The van der Waals surface area contributed by atoms with Crippen LogP contribution in [0.15, 0.2) is 36.6 Å². The monoisotopic (exact) mass is 530 g/mol. The molecule has 1 N–H and O–H groups in total. The molecule has 0 amide bonds. The molecule has 0 saturated carbocycles. The van der Waals surface area contributed by atoms with E-state index in [-0.39, 0.29) is 0 Å². The van der Waals surface area contributed by atoms with E-state index in [9.17, 15) is 0 Å². The van der Waals surface area contributed by atoms with Crippen LogP contribution >= 0.6 is 0 Å². The van der Waals surface area contributed by atoms with Gasteiger partial charge >= 0.3 is 0 Å². The molecular formula is C37H71N. The van der Waals surface area contributed by atoms with Crippen LogP contribution in [0.1, 0.15) is 194 Å². The molecule has 1 nitrogen and oxygen atoms in total. The van der Waals surface area contributed by atoms with Crippen LogP contribution in [0.4, 0.5) is 0 Å². The average molecular weight is 530 g/mol. The maximum absolute atomic E-state index is 4.24. The number of rotatable bonds is 32. The molecule has 0 spiro atoms. The van der Waals surface area contributed by atoms with Gasteiger partial charge in [-0.05, 0) is 70.6 Å². The van der Waals surface area contributed by atoms with Crippen LogP contribution in [-0.2, 0) is 0 Å². The van der Waals surface area contributed by atoms with E-state index in [0.29, 0.717) is 0 Å². The molecule has 0 aromatic carbocycles. The van der Waals surface area contributed by atoms with Gasteiger partial charge in [-0.3, -0.25) is 0 Å². The highest BCUT2D eigenvalue weighted by Crippen LogP contribution is 2.12. The summed E-state index contributed by atoms with van der Waals surface area (Å²) in [4.78, 5) is 0. The largest absolute Gasteiger partial charge is 0.389 e. The Kier molecular flexibility index (Phi) is 33.2. The third-order valence-electron chi connectivity index (χ3n) is 7.80. The van der Waals surface area contributed by atoms with Gasteiger partial charge in [0.05, 0.1) is 0 Å². The molecule has 0 aromatic rings. The van der Waals surface area contributed by atoms with E-state index in [0.717, 1.165) is 13.0 Å². The Morgan fingerprint density at radius 1 is 0.421 bits per heavy atom. The van der Waals surface area contributed by atoms with Crippen molar-refractivity contribution in [1.82, 2.24) is 5.32 Å². The minimum absolute atomic E-state index is 1.12. The molecule has 0 aliphatic carbocycles. The zero-order valence-corrected chi connectivity index (χ0v) is 26.5. The molecule has 0 unspecified atom stereocenters. The van der Waals surface area contributed by atoms with Crippen molar-refractivity contribution < 1.29 is 0 Å². The molecule has 0 heterocycles. The first-order valence-corrected chi connectivity index (χ1v) is 17.5. The first-order chi connectivity index (χ1) is 18.8. The van der Waals surface area contributed by atoms with Crippen molar-refractivity contribution in [2.24, 2.45) is 0 Å². The fourth-order valence-corrected chi connectivity index (χ4v) is 5.14. The molecule has 38 heavy (non-hydrogen) atoms. The summed E-state index contributed by atoms with van der Waals surface area (Å²) >= 11 is 0. The molecule has 0 atom stereocenters. The molecule has 224 valence electrons. The lowest BCUT2D eigenvalue weighted by atomic mass is 10.1. The van der Waals surface area contributed by atoms with Crippen molar-refractivity contribution in [3.05, 3.63) is 36.6 Å². The minimum Gasteiger partial charge on any atom is -0.389 e. The standard InChI is InChI=1S/C37H71N/c1-4-6-8-10-12-14-16-18-20-22-24-26-28-30-32-34-36-38-37(3)35-33-31-29-27-25-23-21-19-17-15-13-11-9-7-5-2/h18-21,38H,3-17,22-36H2,1-2H3/b20-18-,21-19-. The van der Waals surface area contributed by atoms with Gasteiger partial charge in [-0.2, -0.15) is 0 Å². The van der Waals surface area contributed by atoms with Crippen LogP contribution in [0.2, 0.25) is 0 Å². The molecule has 0 bridgehead atoms. The summed E-state index contributed by atoms with van der Waals surface area (Å²) in [6.45, 7) is 9.94. The minimum atomic E-state index is 1.12. The lowest BCUT2D eigenvalue weighted by Gasteiger charge is -2.09. The van der Waals surface area contributed by atoms with Crippen molar-refractivity contribution in [2.45, 2.75) is 194 Å². The van der Waals surface area contributed by atoms with Crippen molar-refractivity contribution >= 4 is 0 Å². The van der Waals surface area contributed by atoms with Crippen molar-refractivity contribution in [3.8, 4) is 0 Å². The second-order valence-electron chi connectivity index (χ2n) is 11.8. The first-order valence-electron chi connectivity index (χ1n) is 17.5. The summed E-state index contributed by atoms with van der Waals surface area (Å²) in [5.74, 6) is 0. The second kappa shape index (κ2) is 34.0. The van der Waals surface area contributed by atoms with Gasteiger partial charge in [-0.1, -0.05) is 154 Å². The normalized spacial score (nSPS) is 11.7. The molecule has 0 aliphatic rings. The van der Waals surface area contributed by atoms with E-state index < -0.39 is 0 Å². The van der Waals surface area contributed by atoms with Crippen LogP contribution in [0, 0.1) is 0 Å². The molecule has 0 radical (unpaired) electrons. The predicted octanol–water partition coefficient (Wildman–Crippen LogP) is 13.2. The lowest BCUT2D eigenvalue weighted by Crippen LogP contribution is -2.13. The number of hydrogen-bond acceptors (Lipinski definition) is 1. The third-order valence-corrected chi connectivity index (χ3v) is 7.80. The topological polar surface area (TPSA) is 12.0 Å². The van der Waals surface area contributed by atoms with Gasteiger partial charge in [0, 0.05) is 12.2 Å². The van der Waals surface area contributed by atoms with E-state index in [1.807, 2.05) is 0 Å². The predicted molar refractivity (Wildman–Crippen MR) is 176 cm³/mol. The summed E-state index contributed by atoms with van der Waals surface area (Å²) in [5.41, 5.74) is 1.26. The number of allylic oxidation sites excluding steroid dienone is 5. The number of nitrogens with one attached hydrogen (secondary N) is 1. The van der Waals surface area contributed by atoms with Crippen LogP contribution in [0.3, 0.4) is 0 Å². The average Bonchev–Trinajstić information content (AvgIpc) is 2.92. The van der Waals surface area contributed by atoms with E-state index in [1.54, 1.807) is 0 Å². The summed E-state index contributed by atoms with van der Waals surface area (Å²) in [6, 6.07) is 0. The molecule has 0 aliphatic heterocycles. The molecule has 0 rings (SSSR count). The zero-order valence-electron chi connectivity index (χ0n) is 26.5. The maximum Gasteiger partial charge on any atom is 0.0143 e. The first kappa shape index (κ1) is 37.0. The Balaban J connectivity index is 3.23. The van der Waals surface area contributed by atoms with Crippen LogP contribution in [-0.4, -0.2) is 6.54 Å². The number of hydrogen-bond donors (Lipinski definition) is 1. The zero-order chi connectivity index (χ0) is 27.6. The highest BCUT2D eigenvalue weighted by atomic mass is 14.9. The lowest BCUT2D eigenvalue weighted by molar-refractivity contribution is 0.571. The van der Waals surface area contributed by atoms with Gasteiger partial charge in [-0.15, -0.1) is 0 Å². The quantitative estimate of drug-likeness (QED) is 0.0674. The highest BCUT2D eigenvalue weighted by Gasteiger charge is 1.96. The Bertz CT molecular complexity index is 503. The summed E-state index contributed by atoms with van der Waals surface area (Å²) < 4.78 is 0. The van der Waals surface area contributed by atoms with E-state index in [1.165, 1.54) is 179 Å².